The van der Waals surface area contributed by atoms with E-state index < -0.39 is 6.03 Å². The number of carbonyl (C=O) groups is 1. The normalized spacial score (nSPS) is 21.0. The molecule has 1 atom stereocenters. The molecule has 1 aromatic rings. The van der Waals surface area contributed by atoms with Gasteiger partial charge in [-0.3, -0.25) is 0 Å². The molecule has 1 aromatic heterocycles. The number of aryl methyl sites for hydroxylation is 2. The van der Waals surface area contributed by atoms with Gasteiger partial charge in [-0.1, -0.05) is 0 Å². The Balaban J connectivity index is 1.99. The van der Waals surface area contributed by atoms with Crippen molar-refractivity contribution in [2.24, 2.45) is 5.73 Å². The quantitative estimate of drug-likeness (QED) is 0.604. The summed E-state index contributed by atoms with van der Waals surface area (Å²) in [6, 6.07) is -0.350. The molecule has 1 aliphatic heterocycles. The summed E-state index contributed by atoms with van der Waals surface area (Å²) in [5.41, 5.74) is 5.05. The number of nitrogens with two attached hydrogens (primary N) is 1. The highest BCUT2D eigenvalue weighted by Gasteiger charge is 2.18. The average Bonchev–Trinajstić information content (AvgIpc) is 2.50. The van der Waals surface area contributed by atoms with Gasteiger partial charge in [0.05, 0.1) is 0 Å². The van der Waals surface area contributed by atoms with Gasteiger partial charge in [0.2, 0.25) is 0 Å². The maximum atomic E-state index is 10.7. The van der Waals surface area contributed by atoms with Crippen LogP contribution in [-0.4, -0.2) is 32.3 Å². The molecule has 2 rings (SSSR count). The molecule has 2 heterocycles. The molecule has 76 valence electrons. The Kier molecular flexibility index (Phi) is 2.30. The van der Waals surface area contributed by atoms with Gasteiger partial charge in [-0.15, -0.1) is 5.10 Å². The highest BCUT2D eigenvalue weighted by Crippen LogP contribution is 2.10. The Bertz CT molecular complexity index is 312. The molecule has 0 aromatic carbocycles. The molecular weight excluding hydrogens is 184 g/mol. The van der Waals surface area contributed by atoms with Crippen LogP contribution in [0.5, 0.6) is 0 Å². The van der Waals surface area contributed by atoms with Gasteiger partial charge in [-0.25, -0.2) is 9.48 Å². The van der Waals surface area contributed by atoms with Gasteiger partial charge >= 0.3 is 6.03 Å². The van der Waals surface area contributed by atoms with Gasteiger partial charge in [-0.05, 0) is 23.3 Å². The SMILES string of the molecule is NC(=O)NC1CCc2nnnn2CC1. The Morgan fingerprint density at radius 2 is 2.43 bits per heavy atom. The number of rotatable bonds is 1. The summed E-state index contributed by atoms with van der Waals surface area (Å²) in [5.74, 6) is 0.874. The lowest BCUT2D eigenvalue weighted by molar-refractivity contribution is 0.243. The van der Waals surface area contributed by atoms with E-state index >= 15 is 0 Å². The molecule has 0 saturated heterocycles. The topological polar surface area (TPSA) is 98.7 Å². The second-order valence-corrected chi connectivity index (χ2v) is 3.35. The summed E-state index contributed by atoms with van der Waals surface area (Å²) >= 11 is 0. The van der Waals surface area contributed by atoms with Gasteiger partial charge in [-0.2, -0.15) is 0 Å². The van der Waals surface area contributed by atoms with Gasteiger partial charge < -0.3 is 11.1 Å². The number of urea groups is 1. The van der Waals surface area contributed by atoms with E-state index in [4.69, 9.17) is 5.73 Å². The number of nitrogens with one attached hydrogen (secondary N) is 1. The Hall–Kier alpha value is -1.66. The summed E-state index contributed by atoms with van der Waals surface area (Å²) in [4.78, 5) is 10.7. The molecule has 0 saturated carbocycles. The minimum atomic E-state index is -0.472. The van der Waals surface area contributed by atoms with Crippen molar-refractivity contribution in [2.75, 3.05) is 0 Å². The number of hydrogen-bond acceptors (Lipinski definition) is 4. The van der Waals surface area contributed by atoms with E-state index in [2.05, 4.69) is 20.8 Å². The number of carbonyl (C=O) groups excluding carboxylic acids is 1. The fourth-order valence-corrected chi connectivity index (χ4v) is 1.65. The van der Waals surface area contributed by atoms with Crippen LogP contribution in [0.3, 0.4) is 0 Å². The van der Waals surface area contributed by atoms with Crippen LogP contribution in [0.1, 0.15) is 18.7 Å². The Labute approximate surface area is 80.6 Å². The molecule has 1 unspecified atom stereocenters. The van der Waals surface area contributed by atoms with Crippen molar-refractivity contribution in [3.8, 4) is 0 Å². The first-order valence-corrected chi connectivity index (χ1v) is 4.56. The van der Waals surface area contributed by atoms with E-state index in [-0.39, 0.29) is 6.04 Å². The summed E-state index contributed by atoms with van der Waals surface area (Å²) in [7, 11) is 0. The number of tetrazole rings is 1. The van der Waals surface area contributed by atoms with Crippen LogP contribution in [0.4, 0.5) is 4.79 Å². The van der Waals surface area contributed by atoms with E-state index in [9.17, 15) is 4.79 Å². The molecule has 3 N–H and O–H groups in total. The standard InChI is InChI=1S/C7H12N6O/c8-7(14)9-5-1-2-6-10-11-12-13(6)4-3-5/h5H,1-4H2,(H3,8,9,14). The summed E-state index contributed by atoms with van der Waals surface area (Å²) < 4.78 is 1.77. The van der Waals surface area contributed by atoms with Crippen LogP contribution >= 0.6 is 0 Å². The predicted molar refractivity (Wildman–Crippen MR) is 47.3 cm³/mol. The molecule has 0 spiro atoms. The highest BCUT2D eigenvalue weighted by atomic mass is 16.2. The number of aromatic nitrogens is 4. The fourth-order valence-electron chi connectivity index (χ4n) is 1.65. The zero-order valence-corrected chi connectivity index (χ0v) is 7.68. The molecule has 0 fully saturated rings. The van der Waals surface area contributed by atoms with E-state index in [0.29, 0.717) is 0 Å². The smallest absolute Gasteiger partial charge is 0.312 e. The van der Waals surface area contributed by atoms with Crippen LogP contribution in [0.2, 0.25) is 0 Å². The lowest BCUT2D eigenvalue weighted by Gasteiger charge is -2.13. The fraction of sp³-hybridized carbons (Fsp3) is 0.714. The first kappa shape index (κ1) is 8.92. The van der Waals surface area contributed by atoms with Crippen molar-refractivity contribution in [1.29, 1.82) is 0 Å². The van der Waals surface area contributed by atoms with Crippen molar-refractivity contribution in [2.45, 2.75) is 31.8 Å². The largest absolute Gasteiger partial charge is 0.352 e. The minimum absolute atomic E-state index is 0.121. The van der Waals surface area contributed by atoms with Crippen molar-refractivity contribution in [3.05, 3.63) is 5.82 Å². The van der Waals surface area contributed by atoms with E-state index in [1.54, 1.807) is 4.68 Å². The van der Waals surface area contributed by atoms with Gasteiger partial charge in [0.1, 0.15) is 0 Å². The Morgan fingerprint density at radius 1 is 1.57 bits per heavy atom. The summed E-state index contributed by atoms with van der Waals surface area (Å²) in [6.45, 7) is 0.729. The van der Waals surface area contributed by atoms with Crippen LogP contribution in [0.25, 0.3) is 0 Å². The summed E-state index contributed by atoms with van der Waals surface area (Å²) in [5, 5.41) is 14.0. The molecule has 14 heavy (non-hydrogen) atoms. The van der Waals surface area contributed by atoms with Crippen LogP contribution in [0, 0.1) is 0 Å². The number of nitrogens with zero attached hydrogens (tertiary/aromatic N) is 4. The Morgan fingerprint density at radius 3 is 3.21 bits per heavy atom. The van der Waals surface area contributed by atoms with Crippen LogP contribution < -0.4 is 11.1 Å². The third-order valence-electron chi connectivity index (χ3n) is 2.36. The second-order valence-electron chi connectivity index (χ2n) is 3.35. The summed E-state index contributed by atoms with van der Waals surface area (Å²) in [6.07, 6.45) is 2.43. The lowest BCUT2D eigenvalue weighted by atomic mass is 10.1. The molecule has 0 bridgehead atoms. The maximum absolute atomic E-state index is 10.7. The molecule has 2 amide bonds. The van der Waals surface area contributed by atoms with Crippen LogP contribution in [0.15, 0.2) is 0 Å². The van der Waals surface area contributed by atoms with E-state index in [1.807, 2.05) is 0 Å². The van der Waals surface area contributed by atoms with Gasteiger partial charge in [0.15, 0.2) is 5.82 Å². The average molecular weight is 196 g/mol. The lowest BCUT2D eigenvalue weighted by Crippen LogP contribution is -2.38. The monoisotopic (exact) mass is 196 g/mol. The maximum Gasteiger partial charge on any atom is 0.312 e. The third-order valence-corrected chi connectivity index (χ3v) is 2.36. The molecule has 7 nitrogen and oxygen atoms in total. The third kappa shape index (κ3) is 1.81. The molecule has 0 aliphatic carbocycles. The number of amides is 2. The zero-order chi connectivity index (χ0) is 9.97. The van der Waals surface area contributed by atoms with Crippen molar-refractivity contribution in [3.63, 3.8) is 0 Å². The highest BCUT2D eigenvalue weighted by molar-refractivity contribution is 5.71. The molecule has 7 heteroatoms. The van der Waals surface area contributed by atoms with Crippen LogP contribution in [-0.2, 0) is 13.0 Å². The first-order chi connectivity index (χ1) is 6.75. The molecular formula is C7H12N6O. The number of fused-ring (bicyclic) bond motifs is 1. The van der Waals surface area contributed by atoms with Gasteiger partial charge in [0, 0.05) is 19.0 Å². The zero-order valence-electron chi connectivity index (χ0n) is 7.68. The van der Waals surface area contributed by atoms with E-state index in [1.165, 1.54) is 0 Å². The molecule has 0 radical (unpaired) electrons. The second kappa shape index (κ2) is 3.60. The predicted octanol–water partition coefficient (Wildman–Crippen LogP) is -0.954. The van der Waals surface area contributed by atoms with Crippen molar-refractivity contribution >= 4 is 6.03 Å². The van der Waals surface area contributed by atoms with E-state index in [0.717, 1.165) is 31.6 Å². The van der Waals surface area contributed by atoms with Crippen molar-refractivity contribution < 1.29 is 4.79 Å². The first-order valence-electron chi connectivity index (χ1n) is 4.56. The molecule has 1 aliphatic rings. The van der Waals surface area contributed by atoms with Crippen molar-refractivity contribution in [1.82, 2.24) is 25.5 Å². The number of primary amides is 1. The number of hydrogen-bond donors (Lipinski definition) is 2. The van der Waals surface area contributed by atoms with Gasteiger partial charge in [0.25, 0.3) is 0 Å². The minimum Gasteiger partial charge on any atom is -0.352 e.